The minimum absolute atomic E-state index is 0.163. The maximum Gasteiger partial charge on any atom is 0.416 e. The van der Waals surface area contributed by atoms with Crippen molar-refractivity contribution in [3.8, 4) is 0 Å². The molecule has 1 atom stereocenters. The highest BCUT2D eigenvalue weighted by molar-refractivity contribution is 8.01. The number of halogens is 4. The van der Waals surface area contributed by atoms with E-state index < -0.39 is 11.7 Å². The van der Waals surface area contributed by atoms with Crippen molar-refractivity contribution >= 4 is 29.6 Å². The molecule has 0 amide bonds. The number of benzene rings is 2. The van der Waals surface area contributed by atoms with Crippen molar-refractivity contribution in [2.24, 2.45) is 0 Å². The van der Waals surface area contributed by atoms with E-state index in [1.165, 1.54) is 23.9 Å². The molecule has 0 spiro atoms. The third-order valence-corrected chi connectivity index (χ3v) is 5.14. The SMILES string of the molecule is CC1=[C]SC(c2ccc(C(F)(F)F)cc2)[N+]1=Cc1ccccc1Cl. The molecule has 1 aliphatic heterocycles. The Morgan fingerprint density at radius 2 is 1.79 bits per heavy atom. The molecule has 3 rings (SSSR count). The standard InChI is InChI=1S/C18H13ClF3NS/c1-12-11-24-17(13-6-8-15(9-7-13)18(20,21)22)23(12)10-14-4-2-3-5-16(14)19/h2-10,17H,1H3/q+1. The number of hydrogen-bond acceptors (Lipinski definition) is 1. The summed E-state index contributed by atoms with van der Waals surface area (Å²) in [4.78, 5) is 0. The Bertz CT molecular complexity index is 810. The molecule has 2 aromatic carbocycles. The van der Waals surface area contributed by atoms with Gasteiger partial charge in [-0.1, -0.05) is 35.9 Å². The van der Waals surface area contributed by atoms with Crippen LogP contribution in [0.2, 0.25) is 5.02 Å². The van der Waals surface area contributed by atoms with Crippen LogP contribution >= 0.6 is 23.4 Å². The summed E-state index contributed by atoms with van der Waals surface area (Å²) in [5.74, 6) is 0. The van der Waals surface area contributed by atoms with Crippen LogP contribution in [0.1, 0.15) is 29.0 Å². The molecule has 1 aliphatic rings. The molecule has 24 heavy (non-hydrogen) atoms. The number of nitrogens with zero attached hydrogens (tertiary/aromatic N) is 1. The number of rotatable bonds is 2. The van der Waals surface area contributed by atoms with Crippen LogP contribution in [0.3, 0.4) is 0 Å². The molecular weight excluding hydrogens is 355 g/mol. The molecule has 6 heteroatoms. The molecule has 0 saturated carbocycles. The van der Waals surface area contributed by atoms with Crippen LogP contribution in [0, 0.1) is 5.41 Å². The van der Waals surface area contributed by atoms with Crippen LogP contribution < -0.4 is 0 Å². The van der Waals surface area contributed by atoms with Gasteiger partial charge in [-0.2, -0.15) is 17.7 Å². The predicted molar refractivity (Wildman–Crippen MR) is 91.1 cm³/mol. The zero-order valence-corrected chi connectivity index (χ0v) is 14.2. The van der Waals surface area contributed by atoms with Gasteiger partial charge in [0.25, 0.3) is 0 Å². The molecule has 0 saturated heterocycles. The van der Waals surface area contributed by atoms with Crippen molar-refractivity contribution in [2.45, 2.75) is 18.5 Å². The summed E-state index contributed by atoms with van der Waals surface area (Å²) >= 11 is 7.63. The van der Waals surface area contributed by atoms with E-state index in [2.05, 4.69) is 5.41 Å². The third kappa shape index (κ3) is 3.52. The third-order valence-electron chi connectivity index (χ3n) is 3.66. The minimum atomic E-state index is -4.33. The van der Waals surface area contributed by atoms with Crippen LogP contribution in [0.4, 0.5) is 13.2 Å². The molecule has 0 aliphatic carbocycles. The predicted octanol–water partition coefficient (Wildman–Crippen LogP) is 5.90. The van der Waals surface area contributed by atoms with E-state index in [9.17, 15) is 13.2 Å². The van der Waals surface area contributed by atoms with Gasteiger partial charge in [0.15, 0.2) is 11.9 Å². The summed E-state index contributed by atoms with van der Waals surface area (Å²) in [7, 11) is 0. The first-order chi connectivity index (χ1) is 11.4. The Morgan fingerprint density at radius 3 is 2.42 bits per heavy atom. The molecule has 0 aromatic heterocycles. The zero-order chi connectivity index (χ0) is 17.3. The van der Waals surface area contributed by atoms with Crippen LogP contribution in [-0.2, 0) is 6.18 Å². The van der Waals surface area contributed by atoms with Gasteiger partial charge in [0.2, 0.25) is 5.37 Å². The molecule has 1 heterocycles. The highest BCUT2D eigenvalue weighted by Crippen LogP contribution is 2.39. The van der Waals surface area contributed by atoms with Crippen LogP contribution in [0.25, 0.3) is 0 Å². The van der Waals surface area contributed by atoms with E-state index in [1.807, 2.05) is 35.9 Å². The van der Waals surface area contributed by atoms with Gasteiger partial charge in [-0.3, -0.25) is 0 Å². The molecule has 123 valence electrons. The Hall–Kier alpha value is -1.72. The molecule has 1 nitrogen and oxygen atoms in total. The van der Waals surface area contributed by atoms with Crippen molar-refractivity contribution in [1.29, 1.82) is 0 Å². The lowest BCUT2D eigenvalue weighted by Gasteiger charge is -2.11. The van der Waals surface area contributed by atoms with Crippen LogP contribution in [-0.4, -0.2) is 10.8 Å². The van der Waals surface area contributed by atoms with E-state index in [0.717, 1.165) is 29.0 Å². The number of alkyl halides is 3. The first kappa shape index (κ1) is 17.1. The van der Waals surface area contributed by atoms with Gasteiger partial charge < -0.3 is 0 Å². The second kappa shape index (κ2) is 6.65. The van der Waals surface area contributed by atoms with Gasteiger partial charge >= 0.3 is 6.18 Å². The summed E-state index contributed by atoms with van der Waals surface area (Å²) in [5, 5.41) is 3.62. The average molecular weight is 368 g/mol. The largest absolute Gasteiger partial charge is 0.416 e. The van der Waals surface area contributed by atoms with Crippen LogP contribution in [0.15, 0.2) is 54.2 Å². The first-order valence-corrected chi connectivity index (χ1v) is 8.42. The van der Waals surface area contributed by atoms with Crippen molar-refractivity contribution < 1.29 is 17.7 Å². The summed E-state index contributed by atoms with van der Waals surface area (Å²) < 4.78 is 40.1. The fourth-order valence-corrected chi connectivity index (χ4v) is 3.58. The Morgan fingerprint density at radius 1 is 1.12 bits per heavy atom. The Balaban J connectivity index is 1.95. The van der Waals surface area contributed by atoms with E-state index in [0.29, 0.717) is 5.02 Å². The number of thioether (sulfide) groups is 1. The molecule has 0 fully saturated rings. The van der Waals surface area contributed by atoms with Crippen molar-refractivity contribution in [1.82, 2.24) is 0 Å². The molecule has 1 unspecified atom stereocenters. The van der Waals surface area contributed by atoms with Gasteiger partial charge in [0.1, 0.15) is 5.41 Å². The lowest BCUT2D eigenvalue weighted by atomic mass is 10.1. The van der Waals surface area contributed by atoms with Gasteiger partial charge in [0, 0.05) is 12.5 Å². The monoisotopic (exact) mass is 367 g/mol. The fourth-order valence-electron chi connectivity index (χ4n) is 2.39. The molecular formula is C18H13ClF3NS+. The molecule has 0 N–H and O–H groups in total. The van der Waals surface area contributed by atoms with Gasteiger partial charge in [-0.05, 0) is 36.0 Å². The second-order valence-corrected chi connectivity index (χ2v) is 6.63. The topological polar surface area (TPSA) is 3.01 Å². The maximum absolute atomic E-state index is 12.7. The lowest BCUT2D eigenvalue weighted by Crippen LogP contribution is -2.13. The highest BCUT2D eigenvalue weighted by atomic mass is 35.5. The lowest BCUT2D eigenvalue weighted by molar-refractivity contribution is -0.488. The number of allylic oxidation sites excluding steroid dienone is 1. The first-order valence-electron chi connectivity index (χ1n) is 7.16. The van der Waals surface area contributed by atoms with Crippen LogP contribution in [0.5, 0.6) is 0 Å². The Labute approximate surface area is 147 Å². The summed E-state index contributed by atoms with van der Waals surface area (Å²) in [6.07, 6.45) is -2.43. The maximum atomic E-state index is 12.7. The van der Waals surface area contributed by atoms with Gasteiger partial charge in [-0.15, -0.1) is 0 Å². The van der Waals surface area contributed by atoms with Crippen molar-refractivity contribution in [3.05, 3.63) is 81.3 Å². The number of hydrogen-bond donors (Lipinski definition) is 0. The zero-order valence-electron chi connectivity index (χ0n) is 12.6. The van der Waals surface area contributed by atoms with E-state index in [4.69, 9.17) is 11.6 Å². The average Bonchev–Trinajstić information content (AvgIpc) is 2.90. The Kier molecular flexibility index (Phi) is 4.74. The second-order valence-electron chi connectivity index (χ2n) is 5.34. The van der Waals surface area contributed by atoms with Gasteiger partial charge in [0.05, 0.1) is 16.1 Å². The van der Waals surface area contributed by atoms with E-state index in [-0.39, 0.29) is 5.37 Å². The molecule has 1 radical (unpaired) electrons. The molecule has 0 bridgehead atoms. The summed E-state index contributed by atoms with van der Waals surface area (Å²) in [5.41, 5.74) is 1.87. The fraction of sp³-hybridized carbons (Fsp3) is 0.167. The van der Waals surface area contributed by atoms with E-state index >= 15 is 0 Å². The van der Waals surface area contributed by atoms with E-state index in [1.54, 1.807) is 6.07 Å². The smallest absolute Gasteiger partial charge is 0.184 e. The quantitative estimate of drug-likeness (QED) is 0.597. The summed E-state index contributed by atoms with van der Waals surface area (Å²) in [6, 6.07) is 12.7. The van der Waals surface area contributed by atoms with Gasteiger partial charge in [-0.25, -0.2) is 0 Å². The normalized spacial score (nSPS) is 19.6. The molecule has 2 aromatic rings. The summed E-state index contributed by atoms with van der Waals surface area (Å²) in [6.45, 7) is 1.91. The van der Waals surface area contributed by atoms with Crippen molar-refractivity contribution in [2.75, 3.05) is 0 Å². The van der Waals surface area contributed by atoms with Crippen molar-refractivity contribution in [3.63, 3.8) is 0 Å². The highest BCUT2D eigenvalue weighted by Gasteiger charge is 2.34. The minimum Gasteiger partial charge on any atom is -0.184 e.